The van der Waals surface area contributed by atoms with Crippen molar-refractivity contribution in [2.24, 2.45) is 0 Å². The normalized spacial score (nSPS) is 18.2. The van der Waals surface area contributed by atoms with Crippen LogP contribution >= 0.6 is 15.9 Å². The highest BCUT2D eigenvalue weighted by atomic mass is 79.9. The van der Waals surface area contributed by atoms with Crippen LogP contribution < -0.4 is 10.2 Å². The molecule has 7 heteroatoms. The number of aliphatic hydroxyl groups excluding tert-OH is 1. The number of fused-ring (bicyclic) bond motifs is 1. The molecule has 0 saturated carbocycles. The van der Waals surface area contributed by atoms with Crippen molar-refractivity contribution in [2.45, 2.75) is 38.6 Å². The second kappa shape index (κ2) is 9.89. The molecule has 1 unspecified atom stereocenters. The summed E-state index contributed by atoms with van der Waals surface area (Å²) in [6.07, 6.45) is 13.9. The molecule has 0 radical (unpaired) electrons. The van der Waals surface area contributed by atoms with Crippen molar-refractivity contribution < 1.29 is 5.11 Å². The van der Waals surface area contributed by atoms with Gasteiger partial charge in [-0.1, -0.05) is 30.9 Å². The van der Waals surface area contributed by atoms with E-state index in [-0.39, 0.29) is 6.61 Å². The molecule has 3 rings (SSSR count). The molecular weight excluding hydrogens is 418 g/mol. The lowest BCUT2D eigenvalue weighted by Gasteiger charge is -2.36. The molecule has 2 aromatic heterocycles. The Kier molecular flexibility index (Phi) is 7.28. The Morgan fingerprint density at radius 3 is 3.07 bits per heavy atom. The summed E-state index contributed by atoms with van der Waals surface area (Å²) in [6, 6.07) is 2.37. The summed E-state index contributed by atoms with van der Waals surface area (Å²) in [7, 11) is 0. The Balaban J connectivity index is 1.94. The highest BCUT2D eigenvalue weighted by molar-refractivity contribution is 9.10. The zero-order valence-corrected chi connectivity index (χ0v) is 17.9. The molecule has 1 saturated heterocycles. The number of anilines is 2. The van der Waals surface area contributed by atoms with Gasteiger partial charge in [-0.3, -0.25) is 0 Å². The molecule has 1 fully saturated rings. The van der Waals surface area contributed by atoms with E-state index >= 15 is 0 Å². The Labute approximate surface area is 174 Å². The minimum Gasteiger partial charge on any atom is -0.396 e. The number of hydrogen-bond donors (Lipinski definition) is 2. The van der Waals surface area contributed by atoms with E-state index in [1.54, 1.807) is 6.20 Å². The lowest BCUT2D eigenvalue weighted by molar-refractivity contribution is 0.262. The Morgan fingerprint density at radius 1 is 1.46 bits per heavy atom. The van der Waals surface area contributed by atoms with Crippen LogP contribution in [0.2, 0.25) is 0 Å². The van der Waals surface area contributed by atoms with E-state index in [0.717, 1.165) is 53.1 Å². The summed E-state index contributed by atoms with van der Waals surface area (Å²) in [5.74, 6) is 1.80. The first-order valence-electron chi connectivity index (χ1n) is 9.78. The second-order valence-corrected chi connectivity index (χ2v) is 7.76. The maximum atomic E-state index is 9.46. The van der Waals surface area contributed by atoms with Crippen molar-refractivity contribution >= 4 is 33.2 Å². The van der Waals surface area contributed by atoms with Crippen LogP contribution in [0.4, 0.5) is 11.6 Å². The molecular formula is C21H28BrN5O. The van der Waals surface area contributed by atoms with Crippen LogP contribution in [0.5, 0.6) is 0 Å². The number of nitrogens with zero attached hydrogens (tertiary/aromatic N) is 4. The summed E-state index contributed by atoms with van der Waals surface area (Å²) in [4.78, 5) is 7.19. The monoisotopic (exact) mass is 445 g/mol. The van der Waals surface area contributed by atoms with Crippen molar-refractivity contribution in [1.82, 2.24) is 14.6 Å². The Bertz CT molecular complexity index is 871. The molecule has 1 atom stereocenters. The van der Waals surface area contributed by atoms with Gasteiger partial charge in [0.2, 0.25) is 0 Å². The molecule has 0 amide bonds. The number of aromatic nitrogens is 3. The van der Waals surface area contributed by atoms with Crippen LogP contribution in [-0.4, -0.2) is 45.4 Å². The lowest BCUT2D eigenvalue weighted by Crippen LogP contribution is -2.40. The van der Waals surface area contributed by atoms with Gasteiger partial charge < -0.3 is 15.3 Å². The zero-order valence-electron chi connectivity index (χ0n) is 16.3. The number of halogens is 1. The number of hydrogen-bond acceptors (Lipinski definition) is 5. The van der Waals surface area contributed by atoms with E-state index in [4.69, 9.17) is 4.98 Å². The van der Waals surface area contributed by atoms with Gasteiger partial charge >= 0.3 is 0 Å². The van der Waals surface area contributed by atoms with Crippen LogP contribution in [0, 0.1) is 0 Å². The van der Waals surface area contributed by atoms with Crippen LogP contribution in [0.3, 0.4) is 0 Å². The van der Waals surface area contributed by atoms with Gasteiger partial charge in [0, 0.05) is 31.8 Å². The maximum absolute atomic E-state index is 9.46. The van der Waals surface area contributed by atoms with Crippen LogP contribution in [-0.2, 0) is 0 Å². The van der Waals surface area contributed by atoms with E-state index in [1.807, 2.05) is 35.7 Å². The average Bonchev–Trinajstić information content (AvgIpc) is 3.09. The molecule has 6 nitrogen and oxygen atoms in total. The molecule has 1 aliphatic heterocycles. The summed E-state index contributed by atoms with van der Waals surface area (Å²) >= 11 is 3.56. The SMILES string of the molecule is C=C/C(=C\C=C/C)CNc1cc(N2CCCCC2CCO)nc2c(Br)cnn12. The number of allylic oxidation sites excluding steroid dienone is 3. The topological polar surface area (TPSA) is 65.7 Å². The van der Waals surface area contributed by atoms with E-state index in [1.165, 1.54) is 6.42 Å². The highest BCUT2D eigenvalue weighted by Crippen LogP contribution is 2.29. The number of aliphatic hydroxyl groups is 1. The predicted molar refractivity (Wildman–Crippen MR) is 119 cm³/mol. The summed E-state index contributed by atoms with van der Waals surface area (Å²) in [6.45, 7) is 7.69. The van der Waals surface area contributed by atoms with Gasteiger partial charge in [0.1, 0.15) is 11.6 Å². The molecule has 2 N–H and O–H groups in total. The largest absolute Gasteiger partial charge is 0.396 e. The quantitative estimate of drug-likeness (QED) is 0.591. The molecule has 1 aliphatic rings. The van der Waals surface area contributed by atoms with Gasteiger partial charge in [0.25, 0.3) is 0 Å². The van der Waals surface area contributed by atoms with Crippen molar-refractivity contribution in [2.75, 3.05) is 29.9 Å². The summed E-state index contributed by atoms with van der Waals surface area (Å²) in [5, 5.41) is 17.4. The van der Waals surface area contributed by atoms with Gasteiger partial charge in [-0.15, -0.1) is 0 Å². The molecule has 28 heavy (non-hydrogen) atoms. The molecule has 150 valence electrons. The van der Waals surface area contributed by atoms with Crippen molar-refractivity contribution in [3.8, 4) is 0 Å². The molecule has 0 aromatic carbocycles. The third kappa shape index (κ3) is 4.64. The average molecular weight is 446 g/mol. The fraction of sp³-hybridized carbons (Fsp3) is 0.429. The predicted octanol–water partition coefficient (Wildman–Crippen LogP) is 4.33. The van der Waals surface area contributed by atoms with Crippen LogP contribution in [0.25, 0.3) is 5.65 Å². The smallest absolute Gasteiger partial charge is 0.173 e. The molecule has 0 bridgehead atoms. The van der Waals surface area contributed by atoms with Crippen molar-refractivity contribution in [1.29, 1.82) is 0 Å². The molecule has 3 heterocycles. The maximum Gasteiger partial charge on any atom is 0.173 e. The third-order valence-corrected chi connectivity index (χ3v) is 5.60. The highest BCUT2D eigenvalue weighted by Gasteiger charge is 2.24. The van der Waals surface area contributed by atoms with Gasteiger partial charge in [0.05, 0.1) is 10.7 Å². The Hall–Kier alpha value is -2.12. The van der Waals surface area contributed by atoms with Crippen molar-refractivity contribution in [3.05, 3.63) is 53.2 Å². The van der Waals surface area contributed by atoms with Crippen molar-refractivity contribution in [3.63, 3.8) is 0 Å². The van der Waals surface area contributed by atoms with E-state index < -0.39 is 0 Å². The number of rotatable bonds is 8. The Morgan fingerprint density at radius 2 is 2.32 bits per heavy atom. The standard InChI is InChI=1S/C21H28BrN5O/c1-3-5-8-16(4-2)14-23-19-13-20(25-21-18(22)15-24-27(19)21)26-11-7-6-9-17(26)10-12-28/h3-5,8,13,15,17,23,28H,2,6-7,9-12,14H2,1H3/b5-3-,16-8+. The van der Waals surface area contributed by atoms with E-state index in [2.05, 4.69) is 43.9 Å². The summed E-state index contributed by atoms with van der Waals surface area (Å²) in [5.41, 5.74) is 1.87. The third-order valence-electron chi connectivity index (χ3n) is 5.04. The lowest BCUT2D eigenvalue weighted by atomic mass is 9.99. The molecule has 0 aliphatic carbocycles. The van der Waals surface area contributed by atoms with Gasteiger partial charge in [-0.25, -0.2) is 4.98 Å². The zero-order chi connectivity index (χ0) is 19.9. The van der Waals surface area contributed by atoms with Crippen LogP contribution in [0.15, 0.2) is 53.2 Å². The first-order valence-corrected chi connectivity index (χ1v) is 10.6. The van der Waals surface area contributed by atoms with E-state index in [0.29, 0.717) is 12.6 Å². The number of piperidine rings is 1. The van der Waals surface area contributed by atoms with Gasteiger partial charge in [0.15, 0.2) is 5.65 Å². The van der Waals surface area contributed by atoms with Gasteiger partial charge in [-0.05, 0) is 54.1 Å². The second-order valence-electron chi connectivity index (χ2n) is 6.91. The minimum atomic E-state index is 0.198. The van der Waals surface area contributed by atoms with Crippen LogP contribution in [0.1, 0.15) is 32.6 Å². The minimum absolute atomic E-state index is 0.198. The first kappa shape index (κ1) is 20.6. The first-order chi connectivity index (χ1) is 13.7. The number of nitrogens with one attached hydrogen (secondary N) is 1. The van der Waals surface area contributed by atoms with E-state index in [9.17, 15) is 5.11 Å². The summed E-state index contributed by atoms with van der Waals surface area (Å²) < 4.78 is 2.68. The fourth-order valence-electron chi connectivity index (χ4n) is 3.56. The molecule has 0 spiro atoms. The van der Waals surface area contributed by atoms with Gasteiger partial charge in [-0.2, -0.15) is 9.61 Å². The fourth-order valence-corrected chi connectivity index (χ4v) is 3.91. The molecule has 2 aromatic rings.